The molecule has 0 saturated carbocycles. The molecule has 1 atom stereocenters. The number of carbonyl (C=O) groups is 1. The lowest BCUT2D eigenvalue weighted by Gasteiger charge is -2.12. The van der Waals surface area contributed by atoms with E-state index in [-0.39, 0.29) is 11.9 Å². The van der Waals surface area contributed by atoms with Crippen molar-refractivity contribution in [2.45, 2.75) is 64.8 Å². The molecule has 0 aliphatic rings. The van der Waals surface area contributed by atoms with E-state index in [9.17, 15) is 4.79 Å². The topological polar surface area (TPSA) is 51.2 Å². The fraction of sp³-hybridized carbons (Fsp3) is 0.407. The van der Waals surface area contributed by atoms with Crippen LogP contribution in [0.5, 0.6) is 5.75 Å². The number of ether oxygens (including phenoxy) is 1. The average molecular weight is 421 g/mol. The minimum absolute atomic E-state index is 0.0484. The van der Waals surface area contributed by atoms with Gasteiger partial charge in [-0.15, -0.1) is 0 Å². The molecule has 0 radical (unpaired) electrons. The number of carbonyl (C=O) groups excluding carboxylic acids is 1. The molecule has 166 valence electrons. The Kier molecular flexibility index (Phi) is 11.2. The summed E-state index contributed by atoms with van der Waals surface area (Å²) < 4.78 is 5.26. The number of amides is 1. The highest BCUT2D eigenvalue weighted by molar-refractivity contribution is 5.88. The van der Waals surface area contributed by atoms with E-state index in [1.165, 1.54) is 29.5 Å². The molecular weight excluding hydrogens is 384 g/mol. The van der Waals surface area contributed by atoms with Gasteiger partial charge in [0.25, 0.3) is 0 Å². The summed E-state index contributed by atoms with van der Waals surface area (Å²) in [4.78, 5) is 16.4. The van der Waals surface area contributed by atoms with Crippen LogP contribution >= 0.6 is 0 Å². The number of aryl methyl sites for hydroxylation is 1. The number of rotatable bonds is 13. The summed E-state index contributed by atoms with van der Waals surface area (Å²) in [5, 5.41) is 3.06. The lowest BCUT2D eigenvalue weighted by Crippen LogP contribution is -2.31. The van der Waals surface area contributed by atoms with Gasteiger partial charge in [-0.1, -0.05) is 50.1 Å². The van der Waals surface area contributed by atoms with Gasteiger partial charge in [0.05, 0.1) is 7.11 Å². The smallest absolute Gasteiger partial charge is 0.244 e. The van der Waals surface area contributed by atoms with Gasteiger partial charge in [0.1, 0.15) is 5.75 Å². The van der Waals surface area contributed by atoms with Crippen LogP contribution in [-0.4, -0.2) is 24.0 Å². The number of unbranched alkanes of at least 4 members (excludes halogenated alkanes) is 2. The molecule has 31 heavy (non-hydrogen) atoms. The number of aromatic nitrogens is 1. The highest BCUT2D eigenvalue weighted by Crippen LogP contribution is 2.23. The third-order valence-electron chi connectivity index (χ3n) is 5.27. The zero-order valence-electron chi connectivity index (χ0n) is 19.1. The summed E-state index contributed by atoms with van der Waals surface area (Å²) in [6, 6.07) is 12.3. The Balaban J connectivity index is 1.86. The van der Waals surface area contributed by atoms with Crippen LogP contribution in [0.4, 0.5) is 0 Å². The van der Waals surface area contributed by atoms with Crippen LogP contribution in [0, 0.1) is 0 Å². The van der Waals surface area contributed by atoms with Gasteiger partial charge in [0, 0.05) is 24.5 Å². The maximum Gasteiger partial charge on any atom is 0.244 e. The number of methoxy groups -OCH3 is 1. The molecule has 1 aromatic heterocycles. The Bertz CT molecular complexity index is 826. The summed E-state index contributed by atoms with van der Waals surface area (Å²) in [6.45, 7) is 4.26. The molecule has 4 heteroatoms. The van der Waals surface area contributed by atoms with Crippen LogP contribution in [0.25, 0.3) is 5.57 Å². The Hall–Kier alpha value is -2.88. The molecule has 0 aliphatic carbocycles. The molecule has 2 rings (SSSR count). The average Bonchev–Trinajstić information content (AvgIpc) is 2.79. The molecule has 1 N–H and O–H groups in total. The Morgan fingerprint density at radius 2 is 1.97 bits per heavy atom. The molecule has 0 unspecified atom stereocenters. The second kappa shape index (κ2) is 14.2. The summed E-state index contributed by atoms with van der Waals surface area (Å²) in [7, 11) is 1.67. The first kappa shape index (κ1) is 24.4. The summed E-state index contributed by atoms with van der Waals surface area (Å²) in [5.74, 6) is 0.803. The van der Waals surface area contributed by atoms with Crippen molar-refractivity contribution in [3.05, 3.63) is 78.1 Å². The number of nitrogens with one attached hydrogen (secondary N) is 1. The molecule has 2 aromatic rings. The molecule has 0 saturated heterocycles. The van der Waals surface area contributed by atoms with Crippen molar-refractivity contribution in [1.82, 2.24) is 10.3 Å². The van der Waals surface area contributed by atoms with Crippen LogP contribution in [0.3, 0.4) is 0 Å². The normalized spacial score (nSPS) is 12.7. The molecule has 0 aliphatic heterocycles. The van der Waals surface area contributed by atoms with E-state index in [4.69, 9.17) is 4.74 Å². The Morgan fingerprint density at radius 1 is 1.16 bits per heavy atom. The van der Waals surface area contributed by atoms with Gasteiger partial charge in [-0.2, -0.15) is 0 Å². The van der Waals surface area contributed by atoms with E-state index in [1.807, 2.05) is 30.5 Å². The van der Waals surface area contributed by atoms with E-state index in [0.717, 1.165) is 37.9 Å². The van der Waals surface area contributed by atoms with Crippen molar-refractivity contribution in [2.75, 3.05) is 7.11 Å². The summed E-state index contributed by atoms with van der Waals surface area (Å²) in [5.41, 5.74) is 3.65. The van der Waals surface area contributed by atoms with E-state index < -0.39 is 0 Å². The zero-order valence-corrected chi connectivity index (χ0v) is 19.1. The van der Waals surface area contributed by atoms with Crippen molar-refractivity contribution in [3.8, 4) is 5.75 Å². The van der Waals surface area contributed by atoms with Gasteiger partial charge in [-0.25, -0.2) is 0 Å². The number of benzene rings is 1. The Labute approximate surface area is 187 Å². The third kappa shape index (κ3) is 9.65. The number of hydrogen-bond donors (Lipinski definition) is 1. The first-order chi connectivity index (χ1) is 15.1. The standard InChI is InChI=1S/C27H36N2O2/c1-4-5-6-13-24(25-16-18-26(31-3)19-17-25)14-8-15-27(30)29-22(2)10-7-11-23-12-9-20-28-21-23/h8-9,12,14-22H,4-7,10-11,13H2,1-3H3,(H,29,30)/b15-8+,24-14-/t22-/m1/s1. The third-order valence-corrected chi connectivity index (χ3v) is 5.27. The quantitative estimate of drug-likeness (QED) is 0.241. The molecule has 0 fully saturated rings. The molecule has 0 spiro atoms. The first-order valence-electron chi connectivity index (χ1n) is 11.3. The largest absolute Gasteiger partial charge is 0.497 e. The predicted octanol–water partition coefficient (Wildman–Crippen LogP) is 6.14. The fourth-order valence-electron chi connectivity index (χ4n) is 3.47. The predicted molar refractivity (Wildman–Crippen MR) is 129 cm³/mol. The van der Waals surface area contributed by atoms with Gasteiger partial charge >= 0.3 is 0 Å². The summed E-state index contributed by atoms with van der Waals surface area (Å²) in [6.07, 6.45) is 16.7. The minimum atomic E-state index is -0.0484. The van der Waals surface area contributed by atoms with Crippen molar-refractivity contribution in [1.29, 1.82) is 0 Å². The molecule has 4 nitrogen and oxygen atoms in total. The van der Waals surface area contributed by atoms with E-state index in [1.54, 1.807) is 19.4 Å². The van der Waals surface area contributed by atoms with Gasteiger partial charge in [0.15, 0.2) is 0 Å². The van der Waals surface area contributed by atoms with E-state index in [2.05, 4.69) is 48.4 Å². The van der Waals surface area contributed by atoms with Crippen LogP contribution in [0.2, 0.25) is 0 Å². The second-order valence-corrected chi connectivity index (χ2v) is 7.90. The highest BCUT2D eigenvalue weighted by Gasteiger charge is 2.05. The van der Waals surface area contributed by atoms with Gasteiger partial charge in [0.2, 0.25) is 5.91 Å². The van der Waals surface area contributed by atoms with Gasteiger partial charge in [-0.05, 0) is 73.9 Å². The summed E-state index contributed by atoms with van der Waals surface area (Å²) >= 11 is 0. The molecule has 1 heterocycles. The van der Waals surface area contributed by atoms with Crippen molar-refractivity contribution in [3.63, 3.8) is 0 Å². The lowest BCUT2D eigenvalue weighted by atomic mass is 9.99. The molecule has 1 amide bonds. The highest BCUT2D eigenvalue weighted by atomic mass is 16.5. The van der Waals surface area contributed by atoms with Crippen LogP contribution in [0.15, 0.2) is 67.0 Å². The first-order valence-corrected chi connectivity index (χ1v) is 11.3. The van der Waals surface area contributed by atoms with Crippen LogP contribution in [-0.2, 0) is 11.2 Å². The monoisotopic (exact) mass is 420 g/mol. The Morgan fingerprint density at radius 3 is 2.65 bits per heavy atom. The maximum absolute atomic E-state index is 12.3. The van der Waals surface area contributed by atoms with E-state index in [0.29, 0.717) is 0 Å². The van der Waals surface area contributed by atoms with Crippen molar-refractivity contribution >= 4 is 11.5 Å². The minimum Gasteiger partial charge on any atom is -0.497 e. The zero-order chi connectivity index (χ0) is 22.3. The molecule has 0 bridgehead atoms. The SMILES string of the molecule is CCCCC/C(=C/C=C/C(=O)N[C@H](C)CCCc1cccnc1)c1ccc(OC)cc1. The second-order valence-electron chi connectivity index (χ2n) is 7.90. The number of hydrogen-bond acceptors (Lipinski definition) is 3. The number of pyridine rings is 1. The number of allylic oxidation sites excluding steroid dienone is 3. The van der Waals surface area contributed by atoms with Crippen LogP contribution < -0.4 is 10.1 Å². The van der Waals surface area contributed by atoms with Crippen molar-refractivity contribution in [2.24, 2.45) is 0 Å². The van der Waals surface area contributed by atoms with Gasteiger partial charge < -0.3 is 10.1 Å². The maximum atomic E-state index is 12.3. The van der Waals surface area contributed by atoms with Crippen LogP contribution in [0.1, 0.15) is 63.5 Å². The number of nitrogens with zero attached hydrogens (tertiary/aromatic N) is 1. The molecule has 1 aromatic carbocycles. The van der Waals surface area contributed by atoms with E-state index >= 15 is 0 Å². The fourth-order valence-corrected chi connectivity index (χ4v) is 3.47. The molecular formula is C27H36N2O2. The lowest BCUT2D eigenvalue weighted by molar-refractivity contribution is -0.117. The van der Waals surface area contributed by atoms with Crippen molar-refractivity contribution < 1.29 is 9.53 Å². The van der Waals surface area contributed by atoms with Gasteiger partial charge in [-0.3, -0.25) is 9.78 Å².